The Morgan fingerprint density at radius 3 is 3.30 bits per heavy atom. The zero-order valence-electron chi connectivity index (χ0n) is 11.3. The molecule has 0 saturated carbocycles. The molecule has 2 aromatic rings. The second-order valence-corrected chi connectivity index (χ2v) is 5.93. The Labute approximate surface area is 122 Å². The predicted molar refractivity (Wildman–Crippen MR) is 78.7 cm³/mol. The average Bonchev–Trinajstić information content (AvgIpc) is 3.13. The highest BCUT2D eigenvalue weighted by molar-refractivity contribution is 7.10. The lowest BCUT2D eigenvalue weighted by molar-refractivity contribution is 0.192. The fourth-order valence-corrected chi connectivity index (χ4v) is 3.30. The molecule has 0 aliphatic carbocycles. The van der Waals surface area contributed by atoms with E-state index in [0.717, 1.165) is 32.5 Å². The summed E-state index contributed by atoms with van der Waals surface area (Å²) in [6.45, 7) is 3.14. The van der Waals surface area contributed by atoms with Gasteiger partial charge >= 0.3 is 6.03 Å². The van der Waals surface area contributed by atoms with E-state index in [0.29, 0.717) is 6.54 Å². The number of nitrogens with one attached hydrogen (secondary N) is 1. The first-order chi connectivity index (χ1) is 9.83. The van der Waals surface area contributed by atoms with Crippen molar-refractivity contribution in [3.63, 3.8) is 0 Å². The number of hydrogen-bond acceptors (Lipinski definition) is 3. The minimum atomic E-state index is 0.0486. The Morgan fingerprint density at radius 2 is 2.45 bits per heavy atom. The van der Waals surface area contributed by atoms with Crippen LogP contribution in [0.3, 0.4) is 0 Å². The quantitative estimate of drug-likeness (QED) is 0.877. The zero-order valence-corrected chi connectivity index (χ0v) is 12.1. The summed E-state index contributed by atoms with van der Waals surface area (Å²) in [5.41, 5.74) is 1.30. The van der Waals surface area contributed by atoms with E-state index in [-0.39, 0.29) is 6.03 Å². The van der Waals surface area contributed by atoms with Crippen LogP contribution in [0.1, 0.15) is 16.9 Å². The highest BCUT2D eigenvalue weighted by Gasteiger charge is 2.20. The van der Waals surface area contributed by atoms with E-state index in [4.69, 9.17) is 0 Å². The van der Waals surface area contributed by atoms with Crippen LogP contribution in [0.15, 0.2) is 30.2 Å². The fourth-order valence-electron chi connectivity index (χ4n) is 2.41. The van der Waals surface area contributed by atoms with E-state index in [1.54, 1.807) is 23.9 Å². The van der Waals surface area contributed by atoms with Gasteiger partial charge in [-0.25, -0.2) is 9.78 Å². The lowest BCUT2D eigenvalue weighted by Gasteiger charge is -2.27. The van der Waals surface area contributed by atoms with Crippen molar-refractivity contribution in [2.24, 2.45) is 0 Å². The van der Waals surface area contributed by atoms with E-state index >= 15 is 0 Å². The van der Waals surface area contributed by atoms with Crippen LogP contribution in [0.2, 0.25) is 0 Å². The molecular formula is C14H18N4OS. The van der Waals surface area contributed by atoms with Crippen molar-refractivity contribution in [1.29, 1.82) is 0 Å². The summed E-state index contributed by atoms with van der Waals surface area (Å²) in [5.74, 6) is 0. The van der Waals surface area contributed by atoms with Crippen LogP contribution < -0.4 is 5.32 Å². The van der Waals surface area contributed by atoms with Gasteiger partial charge in [0.2, 0.25) is 0 Å². The molecule has 0 spiro atoms. The maximum absolute atomic E-state index is 12.1. The first kappa shape index (κ1) is 13.2. The Morgan fingerprint density at radius 1 is 1.50 bits per heavy atom. The van der Waals surface area contributed by atoms with Crippen molar-refractivity contribution in [2.75, 3.05) is 13.1 Å². The van der Waals surface area contributed by atoms with Gasteiger partial charge in [0.25, 0.3) is 0 Å². The Kier molecular flexibility index (Phi) is 4.01. The topological polar surface area (TPSA) is 50.2 Å². The summed E-state index contributed by atoms with van der Waals surface area (Å²) in [6.07, 6.45) is 7.40. The van der Waals surface area contributed by atoms with E-state index in [9.17, 15) is 4.79 Å². The van der Waals surface area contributed by atoms with Gasteiger partial charge in [0.1, 0.15) is 0 Å². The third-order valence-corrected chi connectivity index (χ3v) is 4.55. The van der Waals surface area contributed by atoms with Crippen LogP contribution in [0.5, 0.6) is 0 Å². The second-order valence-electron chi connectivity index (χ2n) is 4.93. The van der Waals surface area contributed by atoms with E-state index in [1.165, 1.54) is 10.4 Å². The van der Waals surface area contributed by atoms with Gasteiger partial charge in [-0.05, 0) is 29.9 Å². The van der Waals surface area contributed by atoms with Gasteiger partial charge in [0.15, 0.2) is 0 Å². The summed E-state index contributed by atoms with van der Waals surface area (Å²) < 4.78 is 2.02. The molecule has 3 heterocycles. The predicted octanol–water partition coefficient (Wildman–Crippen LogP) is 2.10. The van der Waals surface area contributed by atoms with Crippen molar-refractivity contribution >= 4 is 17.4 Å². The number of carbonyl (C=O) groups is 1. The highest BCUT2D eigenvalue weighted by atomic mass is 32.1. The molecular weight excluding hydrogens is 272 g/mol. The van der Waals surface area contributed by atoms with Crippen molar-refractivity contribution in [3.8, 4) is 0 Å². The molecule has 0 radical (unpaired) electrons. The van der Waals surface area contributed by atoms with Crippen LogP contribution >= 0.6 is 11.3 Å². The number of imidazole rings is 1. The zero-order chi connectivity index (χ0) is 13.8. The third kappa shape index (κ3) is 3.01. The molecule has 0 fully saturated rings. The minimum Gasteiger partial charge on any atom is -0.338 e. The number of fused-ring (bicyclic) bond motifs is 1. The standard InChI is InChI=1S/C14H18N4OS/c19-14(16-4-1-6-17-8-5-15-11-17)18-7-2-13-12(10-18)3-9-20-13/h3,5,8-9,11H,1-2,4,6-7,10H2,(H,16,19). The van der Waals surface area contributed by atoms with E-state index in [2.05, 4.69) is 21.7 Å². The fraction of sp³-hybridized carbons (Fsp3) is 0.429. The Hall–Kier alpha value is -1.82. The van der Waals surface area contributed by atoms with Gasteiger partial charge in [-0.1, -0.05) is 0 Å². The monoisotopic (exact) mass is 290 g/mol. The van der Waals surface area contributed by atoms with Crippen LogP contribution in [-0.4, -0.2) is 33.6 Å². The van der Waals surface area contributed by atoms with Crippen LogP contribution in [0.25, 0.3) is 0 Å². The summed E-state index contributed by atoms with van der Waals surface area (Å²) in [6, 6.07) is 2.17. The van der Waals surface area contributed by atoms with Gasteiger partial charge in [0, 0.05) is 43.4 Å². The van der Waals surface area contributed by atoms with Crippen LogP contribution in [0, 0.1) is 0 Å². The molecule has 0 aromatic carbocycles. The van der Waals surface area contributed by atoms with Crippen molar-refractivity contribution in [3.05, 3.63) is 40.6 Å². The largest absolute Gasteiger partial charge is 0.338 e. The second kappa shape index (κ2) is 6.09. The first-order valence-corrected chi connectivity index (χ1v) is 7.74. The number of rotatable bonds is 4. The number of nitrogens with zero attached hydrogens (tertiary/aromatic N) is 3. The molecule has 106 valence electrons. The SMILES string of the molecule is O=C(NCCCn1ccnc1)N1CCc2sccc2C1. The average molecular weight is 290 g/mol. The summed E-state index contributed by atoms with van der Waals surface area (Å²) in [4.78, 5) is 19.4. The Bertz CT molecular complexity index is 564. The number of hydrogen-bond donors (Lipinski definition) is 1. The highest BCUT2D eigenvalue weighted by Crippen LogP contribution is 2.23. The molecule has 6 heteroatoms. The third-order valence-electron chi connectivity index (χ3n) is 3.52. The molecule has 1 N–H and O–H groups in total. The molecule has 2 amide bonds. The molecule has 0 saturated heterocycles. The lowest BCUT2D eigenvalue weighted by atomic mass is 10.1. The molecule has 0 bridgehead atoms. The molecule has 3 rings (SSSR count). The van der Waals surface area contributed by atoms with Gasteiger partial charge in [-0.2, -0.15) is 0 Å². The molecule has 20 heavy (non-hydrogen) atoms. The maximum Gasteiger partial charge on any atom is 0.317 e. The molecule has 1 aliphatic heterocycles. The minimum absolute atomic E-state index is 0.0486. The van der Waals surface area contributed by atoms with Crippen molar-refractivity contribution in [1.82, 2.24) is 19.8 Å². The van der Waals surface area contributed by atoms with Crippen molar-refractivity contribution in [2.45, 2.75) is 25.9 Å². The van der Waals surface area contributed by atoms with Crippen molar-refractivity contribution < 1.29 is 4.79 Å². The number of thiophene rings is 1. The van der Waals surface area contributed by atoms with Crippen LogP contribution in [0.4, 0.5) is 4.79 Å². The number of aromatic nitrogens is 2. The Balaban J connectivity index is 1.41. The normalized spacial score (nSPS) is 14.1. The van der Waals surface area contributed by atoms with E-state index in [1.807, 2.05) is 15.7 Å². The van der Waals surface area contributed by atoms with E-state index < -0.39 is 0 Å². The molecule has 5 nitrogen and oxygen atoms in total. The summed E-state index contributed by atoms with van der Waals surface area (Å²) in [7, 11) is 0. The molecule has 1 aliphatic rings. The number of carbonyl (C=O) groups excluding carboxylic acids is 1. The number of aryl methyl sites for hydroxylation is 1. The molecule has 0 unspecified atom stereocenters. The summed E-state index contributed by atoms with van der Waals surface area (Å²) >= 11 is 1.79. The maximum atomic E-state index is 12.1. The van der Waals surface area contributed by atoms with Crippen LogP contribution in [-0.2, 0) is 19.5 Å². The van der Waals surface area contributed by atoms with Gasteiger partial charge < -0.3 is 14.8 Å². The first-order valence-electron chi connectivity index (χ1n) is 6.87. The number of amides is 2. The van der Waals surface area contributed by atoms with Gasteiger partial charge in [-0.15, -0.1) is 11.3 Å². The number of urea groups is 1. The molecule has 0 atom stereocenters. The smallest absolute Gasteiger partial charge is 0.317 e. The van der Waals surface area contributed by atoms with Gasteiger partial charge in [-0.3, -0.25) is 0 Å². The molecule has 2 aromatic heterocycles. The lowest BCUT2D eigenvalue weighted by Crippen LogP contribution is -2.42. The summed E-state index contributed by atoms with van der Waals surface area (Å²) in [5, 5.41) is 5.10. The van der Waals surface area contributed by atoms with Gasteiger partial charge in [0.05, 0.1) is 6.33 Å².